The Morgan fingerprint density at radius 3 is 2.23 bits per heavy atom. The molecule has 0 aliphatic heterocycles. The first-order chi connectivity index (χ1) is 14.5. The molecule has 3 amide bonds. The van der Waals surface area contributed by atoms with E-state index in [1.165, 1.54) is 0 Å². The molecule has 158 valence electrons. The van der Waals surface area contributed by atoms with Crippen LogP contribution in [0.5, 0.6) is 5.75 Å². The first-order valence-corrected chi connectivity index (χ1v) is 10.1. The van der Waals surface area contributed by atoms with Gasteiger partial charge >= 0.3 is 0 Å². The van der Waals surface area contributed by atoms with Crippen LogP contribution in [0.3, 0.4) is 0 Å². The lowest BCUT2D eigenvalue weighted by Crippen LogP contribution is -2.35. The van der Waals surface area contributed by atoms with E-state index in [9.17, 15) is 14.4 Å². The van der Waals surface area contributed by atoms with E-state index >= 15 is 0 Å². The fraction of sp³-hybridized carbons (Fsp3) is 0.348. The summed E-state index contributed by atoms with van der Waals surface area (Å²) in [6, 6.07) is 14.4. The van der Waals surface area contributed by atoms with Gasteiger partial charge in [-0.15, -0.1) is 0 Å². The van der Waals surface area contributed by atoms with Gasteiger partial charge in [0.1, 0.15) is 5.75 Å². The van der Waals surface area contributed by atoms with Gasteiger partial charge in [-0.2, -0.15) is 0 Å². The number of carbonyl (C=O) groups is 3. The molecule has 3 N–H and O–H groups in total. The standard InChI is InChI=1S/C23H27N3O4/c1-30-20-11-2-16(3-12-20)4-13-21(27)26-19-9-7-18(8-10-19)23(29)25-15-14-24-22(28)17-5-6-17/h2-3,7-12,17H,4-6,13-15H2,1H3,(H,24,28)(H,25,29)(H,26,27). The van der Waals surface area contributed by atoms with E-state index in [4.69, 9.17) is 4.74 Å². The first-order valence-electron chi connectivity index (χ1n) is 10.1. The SMILES string of the molecule is COc1ccc(CCC(=O)Nc2ccc(C(=O)NCCNC(=O)C3CC3)cc2)cc1. The highest BCUT2D eigenvalue weighted by molar-refractivity contribution is 5.95. The first kappa shape index (κ1) is 21.4. The van der Waals surface area contributed by atoms with Crippen LogP contribution in [0.25, 0.3) is 0 Å². The number of nitrogens with one attached hydrogen (secondary N) is 3. The Balaban J connectivity index is 1.37. The van der Waals surface area contributed by atoms with Crippen molar-refractivity contribution in [2.45, 2.75) is 25.7 Å². The quantitative estimate of drug-likeness (QED) is 0.526. The number of methoxy groups -OCH3 is 1. The number of aryl methyl sites for hydroxylation is 1. The van der Waals surface area contributed by atoms with Gasteiger partial charge in [0.25, 0.3) is 5.91 Å². The van der Waals surface area contributed by atoms with Gasteiger partial charge in [-0.05, 0) is 61.2 Å². The molecule has 0 aromatic heterocycles. The second-order valence-electron chi connectivity index (χ2n) is 7.29. The van der Waals surface area contributed by atoms with Crippen molar-refractivity contribution in [1.82, 2.24) is 10.6 Å². The molecule has 7 heteroatoms. The van der Waals surface area contributed by atoms with E-state index < -0.39 is 0 Å². The maximum atomic E-state index is 12.2. The molecule has 0 spiro atoms. The van der Waals surface area contributed by atoms with Crippen molar-refractivity contribution in [1.29, 1.82) is 0 Å². The summed E-state index contributed by atoms with van der Waals surface area (Å²) >= 11 is 0. The summed E-state index contributed by atoms with van der Waals surface area (Å²) in [4.78, 5) is 35.8. The van der Waals surface area contributed by atoms with Gasteiger partial charge in [-0.1, -0.05) is 12.1 Å². The summed E-state index contributed by atoms with van der Waals surface area (Å²) in [5.41, 5.74) is 2.20. The fourth-order valence-electron chi connectivity index (χ4n) is 2.93. The topological polar surface area (TPSA) is 96.5 Å². The Bertz CT molecular complexity index is 874. The van der Waals surface area contributed by atoms with Crippen LogP contribution >= 0.6 is 0 Å². The predicted molar refractivity (Wildman–Crippen MR) is 114 cm³/mol. The summed E-state index contributed by atoms with van der Waals surface area (Å²) in [5.74, 6) is 0.716. The van der Waals surface area contributed by atoms with Crippen molar-refractivity contribution in [2.75, 3.05) is 25.5 Å². The van der Waals surface area contributed by atoms with Crippen LogP contribution in [0.1, 0.15) is 35.2 Å². The number of ether oxygens (including phenoxy) is 1. The molecule has 0 heterocycles. The number of amides is 3. The minimum atomic E-state index is -0.215. The number of benzene rings is 2. The average Bonchev–Trinajstić information content (AvgIpc) is 3.61. The molecule has 1 fully saturated rings. The number of anilines is 1. The fourth-order valence-corrected chi connectivity index (χ4v) is 2.93. The molecule has 30 heavy (non-hydrogen) atoms. The molecule has 1 aliphatic carbocycles. The molecule has 0 atom stereocenters. The van der Waals surface area contributed by atoms with Crippen molar-refractivity contribution in [3.8, 4) is 5.75 Å². The zero-order valence-corrected chi connectivity index (χ0v) is 17.1. The molecule has 1 aliphatic rings. The summed E-state index contributed by atoms with van der Waals surface area (Å²) < 4.78 is 5.12. The van der Waals surface area contributed by atoms with Crippen LogP contribution in [0.4, 0.5) is 5.69 Å². The van der Waals surface area contributed by atoms with Crippen LogP contribution in [0.15, 0.2) is 48.5 Å². The summed E-state index contributed by atoms with van der Waals surface area (Å²) in [6.07, 6.45) is 2.92. The van der Waals surface area contributed by atoms with Crippen LogP contribution < -0.4 is 20.7 Å². The molecule has 0 radical (unpaired) electrons. The lowest BCUT2D eigenvalue weighted by Gasteiger charge is -2.09. The molecular weight excluding hydrogens is 382 g/mol. The third-order valence-corrected chi connectivity index (χ3v) is 4.89. The minimum absolute atomic E-state index is 0.0661. The van der Waals surface area contributed by atoms with E-state index in [2.05, 4.69) is 16.0 Å². The molecule has 2 aromatic carbocycles. The molecule has 0 unspecified atom stereocenters. The van der Waals surface area contributed by atoms with E-state index in [1.807, 2.05) is 24.3 Å². The Hall–Kier alpha value is -3.35. The highest BCUT2D eigenvalue weighted by Crippen LogP contribution is 2.28. The third-order valence-electron chi connectivity index (χ3n) is 4.89. The average molecular weight is 409 g/mol. The van der Waals surface area contributed by atoms with Crippen molar-refractivity contribution >= 4 is 23.4 Å². The van der Waals surface area contributed by atoms with Crippen LogP contribution in [0, 0.1) is 5.92 Å². The van der Waals surface area contributed by atoms with Crippen molar-refractivity contribution in [3.63, 3.8) is 0 Å². The van der Waals surface area contributed by atoms with E-state index in [0.29, 0.717) is 37.2 Å². The monoisotopic (exact) mass is 409 g/mol. The van der Waals surface area contributed by atoms with Crippen molar-refractivity contribution < 1.29 is 19.1 Å². The molecule has 3 rings (SSSR count). The Morgan fingerprint density at radius 2 is 1.60 bits per heavy atom. The van der Waals surface area contributed by atoms with E-state index in [-0.39, 0.29) is 23.6 Å². The maximum absolute atomic E-state index is 12.2. The van der Waals surface area contributed by atoms with Gasteiger partial charge in [0, 0.05) is 36.7 Å². The summed E-state index contributed by atoms with van der Waals surface area (Å²) in [6.45, 7) is 0.796. The summed E-state index contributed by atoms with van der Waals surface area (Å²) in [7, 11) is 1.62. The van der Waals surface area contributed by atoms with Gasteiger partial charge in [-0.25, -0.2) is 0 Å². The lowest BCUT2D eigenvalue weighted by atomic mass is 10.1. The maximum Gasteiger partial charge on any atom is 0.251 e. The third kappa shape index (κ3) is 6.62. The second-order valence-corrected chi connectivity index (χ2v) is 7.29. The molecule has 1 saturated carbocycles. The highest BCUT2D eigenvalue weighted by atomic mass is 16.5. The van der Waals surface area contributed by atoms with E-state index in [1.54, 1.807) is 31.4 Å². The minimum Gasteiger partial charge on any atom is -0.497 e. The smallest absolute Gasteiger partial charge is 0.251 e. The van der Waals surface area contributed by atoms with Crippen molar-refractivity contribution in [2.24, 2.45) is 5.92 Å². The lowest BCUT2D eigenvalue weighted by molar-refractivity contribution is -0.122. The molecular formula is C23H27N3O4. The number of carbonyl (C=O) groups excluding carboxylic acids is 3. The molecule has 2 aromatic rings. The zero-order valence-electron chi connectivity index (χ0n) is 17.1. The van der Waals surface area contributed by atoms with E-state index in [0.717, 1.165) is 24.2 Å². The molecule has 0 bridgehead atoms. The van der Waals surface area contributed by atoms with Crippen LogP contribution in [-0.4, -0.2) is 37.9 Å². The van der Waals surface area contributed by atoms with Gasteiger partial charge in [0.05, 0.1) is 7.11 Å². The molecule has 0 saturated heterocycles. The number of hydrogen-bond donors (Lipinski definition) is 3. The zero-order chi connectivity index (χ0) is 21.3. The number of hydrogen-bond acceptors (Lipinski definition) is 4. The van der Waals surface area contributed by atoms with Gasteiger partial charge < -0.3 is 20.7 Å². The predicted octanol–water partition coefficient (Wildman–Crippen LogP) is 2.52. The van der Waals surface area contributed by atoms with Crippen molar-refractivity contribution in [3.05, 3.63) is 59.7 Å². The Kier molecular flexibility index (Phi) is 7.43. The van der Waals surface area contributed by atoms with Gasteiger partial charge in [-0.3, -0.25) is 14.4 Å². The Labute approximate surface area is 176 Å². The second kappa shape index (κ2) is 10.4. The Morgan fingerprint density at radius 1 is 0.933 bits per heavy atom. The highest BCUT2D eigenvalue weighted by Gasteiger charge is 2.28. The normalized spacial score (nSPS) is 12.7. The van der Waals surface area contributed by atoms with Crippen LogP contribution in [0.2, 0.25) is 0 Å². The van der Waals surface area contributed by atoms with Gasteiger partial charge in [0.15, 0.2) is 0 Å². The number of rotatable bonds is 10. The van der Waals surface area contributed by atoms with Crippen LogP contribution in [-0.2, 0) is 16.0 Å². The molecule has 7 nitrogen and oxygen atoms in total. The summed E-state index contributed by atoms with van der Waals surface area (Å²) in [5, 5.41) is 8.41. The van der Waals surface area contributed by atoms with Gasteiger partial charge in [0.2, 0.25) is 11.8 Å². The largest absolute Gasteiger partial charge is 0.497 e.